The van der Waals surface area contributed by atoms with Gasteiger partial charge in [0.15, 0.2) is 0 Å². The summed E-state index contributed by atoms with van der Waals surface area (Å²) in [5.74, 6) is 1.33. The third-order valence-corrected chi connectivity index (χ3v) is 6.80. The molecule has 0 bridgehead atoms. The van der Waals surface area contributed by atoms with Crippen LogP contribution >= 0.6 is 11.3 Å². The van der Waals surface area contributed by atoms with Crippen molar-refractivity contribution in [2.24, 2.45) is 0 Å². The summed E-state index contributed by atoms with van der Waals surface area (Å²) < 4.78 is 8.83. The van der Waals surface area contributed by atoms with Crippen molar-refractivity contribution >= 4 is 33.3 Å². The molecule has 1 N–H and O–H groups in total. The van der Waals surface area contributed by atoms with Gasteiger partial charge in [-0.2, -0.15) is 9.78 Å². The van der Waals surface area contributed by atoms with Crippen molar-refractivity contribution < 1.29 is 9.53 Å². The molecule has 1 amide bonds. The van der Waals surface area contributed by atoms with Gasteiger partial charge in [0.05, 0.1) is 16.4 Å². The van der Waals surface area contributed by atoms with E-state index in [0.717, 1.165) is 37.8 Å². The zero-order valence-electron chi connectivity index (χ0n) is 17.6. The molecule has 0 saturated carbocycles. The van der Waals surface area contributed by atoms with Gasteiger partial charge < -0.3 is 10.1 Å². The van der Waals surface area contributed by atoms with Gasteiger partial charge >= 0.3 is 0 Å². The zero-order valence-corrected chi connectivity index (χ0v) is 18.5. The SMILES string of the molecule is O=C1CC(c2cccc(OCc3ccccc3)c2)c2cnn(-c3nc4ccccc4s3)c2N1. The third kappa shape index (κ3) is 3.76. The molecular weight excluding hydrogens is 432 g/mol. The average molecular weight is 453 g/mol. The van der Waals surface area contributed by atoms with Crippen LogP contribution in [0.4, 0.5) is 5.82 Å². The first-order valence-electron chi connectivity index (χ1n) is 10.7. The lowest BCUT2D eigenvalue weighted by Gasteiger charge is -2.23. The van der Waals surface area contributed by atoms with E-state index in [9.17, 15) is 4.79 Å². The highest BCUT2D eigenvalue weighted by Gasteiger charge is 2.31. The fourth-order valence-corrected chi connectivity index (χ4v) is 5.11. The number of para-hydroxylation sites is 1. The van der Waals surface area contributed by atoms with E-state index in [1.165, 1.54) is 0 Å². The number of carbonyl (C=O) groups excluding carboxylic acids is 1. The van der Waals surface area contributed by atoms with Gasteiger partial charge in [-0.05, 0) is 35.4 Å². The summed E-state index contributed by atoms with van der Waals surface area (Å²) in [6.07, 6.45) is 2.20. The zero-order chi connectivity index (χ0) is 22.2. The first kappa shape index (κ1) is 19.7. The van der Waals surface area contributed by atoms with Gasteiger partial charge in [-0.25, -0.2) is 4.98 Å². The Bertz CT molecular complexity index is 1420. The third-order valence-electron chi connectivity index (χ3n) is 5.79. The number of ether oxygens (including phenoxy) is 1. The van der Waals surface area contributed by atoms with Crippen molar-refractivity contribution in [1.82, 2.24) is 14.8 Å². The van der Waals surface area contributed by atoms with E-state index in [-0.39, 0.29) is 11.8 Å². The average Bonchev–Trinajstić information content (AvgIpc) is 3.47. The van der Waals surface area contributed by atoms with Gasteiger partial charge in [0.25, 0.3) is 0 Å². The largest absolute Gasteiger partial charge is 0.489 e. The molecule has 162 valence electrons. The lowest BCUT2D eigenvalue weighted by molar-refractivity contribution is -0.116. The van der Waals surface area contributed by atoms with E-state index in [1.807, 2.05) is 85.1 Å². The first-order chi connectivity index (χ1) is 16.2. The molecule has 3 heterocycles. The minimum atomic E-state index is -0.0999. The van der Waals surface area contributed by atoms with Gasteiger partial charge in [-0.15, -0.1) is 0 Å². The maximum Gasteiger partial charge on any atom is 0.226 e. The Balaban J connectivity index is 1.32. The van der Waals surface area contributed by atoms with E-state index in [1.54, 1.807) is 16.0 Å². The highest BCUT2D eigenvalue weighted by atomic mass is 32.1. The van der Waals surface area contributed by atoms with Crippen molar-refractivity contribution in [3.05, 3.63) is 102 Å². The van der Waals surface area contributed by atoms with E-state index >= 15 is 0 Å². The van der Waals surface area contributed by atoms with Crippen molar-refractivity contribution in [3.8, 4) is 10.9 Å². The second-order valence-corrected chi connectivity index (χ2v) is 8.99. The van der Waals surface area contributed by atoms with E-state index in [2.05, 4.69) is 10.4 Å². The smallest absolute Gasteiger partial charge is 0.226 e. The quantitative estimate of drug-likeness (QED) is 0.380. The van der Waals surface area contributed by atoms with Crippen molar-refractivity contribution in [1.29, 1.82) is 0 Å². The number of fused-ring (bicyclic) bond motifs is 2. The molecule has 6 nitrogen and oxygen atoms in total. The summed E-state index contributed by atoms with van der Waals surface area (Å²) in [4.78, 5) is 17.4. The molecule has 0 aliphatic carbocycles. The van der Waals surface area contributed by atoms with Crippen LogP contribution in [0.15, 0.2) is 85.1 Å². The van der Waals surface area contributed by atoms with Crippen LogP contribution in [0.5, 0.6) is 5.75 Å². The number of anilines is 1. The molecule has 1 aliphatic heterocycles. The molecule has 0 spiro atoms. The molecule has 0 radical (unpaired) electrons. The lowest BCUT2D eigenvalue weighted by Crippen LogP contribution is -2.24. The fraction of sp³-hybridized carbons (Fsp3) is 0.115. The number of amides is 1. The second-order valence-electron chi connectivity index (χ2n) is 7.98. The van der Waals surface area contributed by atoms with Crippen LogP contribution in [-0.4, -0.2) is 20.7 Å². The molecule has 6 rings (SSSR count). The Kier molecular flexibility index (Phi) is 4.88. The standard InChI is InChI=1S/C26H20N4O2S/c31-24-14-20(18-9-6-10-19(13-18)32-16-17-7-2-1-3-8-17)21-15-27-30(25(21)29-24)26-28-22-11-4-5-12-23(22)33-26/h1-13,15,20H,14,16H2,(H,29,31). The molecule has 1 aliphatic rings. The molecule has 3 aromatic carbocycles. The van der Waals surface area contributed by atoms with Crippen LogP contribution in [0.25, 0.3) is 15.3 Å². The summed E-state index contributed by atoms with van der Waals surface area (Å²) in [7, 11) is 0. The maximum absolute atomic E-state index is 12.7. The van der Waals surface area contributed by atoms with Gasteiger partial charge in [-0.1, -0.05) is 65.9 Å². The van der Waals surface area contributed by atoms with Crippen molar-refractivity contribution in [2.75, 3.05) is 5.32 Å². The number of carbonyl (C=O) groups is 1. The normalized spacial score (nSPS) is 15.3. The summed E-state index contributed by atoms with van der Waals surface area (Å²) >= 11 is 1.55. The Morgan fingerprint density at radius 1 is 1.03 bits per heavy atom. The Hall–Kier alpha value is -3.97. The number of benzene rings is 3. The summed E-state index contributed by atoms with van der Waals surface area (Å²) in [5.41, 5.74) is 4.04. The topological polar surface area (TPSA) is 69.0 Å². The molecule has 33 heavy (non-hydrogen) atoms. The lowest BCUT2D eigenvalue weighted by atomic mass is 9.87. The monoisotopic (exact) mass is 452 g/mol. The van der Waals surface area contributed by atoms with Crippen LogP contribution in [0.2, 0.25) is 0 Å². The Morgan fingerprint density at radius 2 is 1.88 bits per heavy atom. The number of nitrogens with one attached hydrogen (secondary N) is 1. The minimum absolute atomic E-state index is 0.0361. The Labute approximate surface area is 194 Å². The van der Waals surface area contributed by atoms with Gasteiger partial charge in [0.2, 0.25) is 11.0 Å². The van der Waals surface area contributed by atoms with Gasteiger partial charge in [0, 0.05) is 17.9 Å². The van der Waals surface area contributed by atoms with E-state index in [0.29, 0.717) is 18.8 Å². The molecule has 0 saturated heterocycles. The predicted octanol–water partition coefficient (Wildman–Crippen LogP) is 5.54. The predicted molar refractivity (Wildman–Crippen MR) is 129 cm³/mol. The molecule has 1 unspecified atom stereocenters. The van der Waals surface area contributed by atoms with Crippen LogP contribution in [0.3, 0.4) is 0 Å². The first-order valence-corrected chi connectivity index (χ1v) is 11.6. The summed E-state index contributed by atoms with van der Waals surface area (Å²) in [5, 5.41) is 8.33. The fourth-order valence-electron chi connectivity index (χ4n) is 4.17. The molecule has 1 atom stereocenters. The summed E-state index contributed by atoms with van der Waals surface area (Å²) in [6, 6.07) is 26.0. The van der Waals surface area contributed by atoms with E-state index < -0.39 is 0 Å². The number of aromatic nitrogens is 3. The highest BCUT2D eigenvalue weighted by molar-refractivity contribution is 7.20. The molecule has 0 fully saturated rings. The van der Waals surface area contributed by atoms with Gasteiger partial charge in [-0.3, -0.25) is 4.79 Å². The van der Waals surface area contributed by atoms with E-state index in [4.69, 9.17) is 9.72 Å². The second kappa shape index (κ2) is 8.18. The Morgan fingerprint density at radius 3 is 2.76 bits per heavy atom. The number of rotatable bonds is 5. The number of hydrogen-bond acceptors (Lipinski definition) is 5. The molecule has 2 aromatic heterocycles. The minimum Gasteiger partial charge on any atom is -0.489 e. The molecule has 5 aromatic rings. The van der Waals surface area contributed by atoms with Crippen LogP contribution in [0.1, 0.15) is 29.0 Å². The molecular formula is C26H20N4O2S. The maximum atomic E-state index is 12.7. The number of hydrogen-bond donors (Lipinski definition) is 1. The molecule has 7 heteroatoms. The highest BCUT2D eigenvalue weighted by Crippen LogP contribution is 2.39. The number of nitrogens with zero attached hydrogens (tertiary/aromatic N) is 3. The van der Waals surface area contributed by atoms with Crippen LogP contribution in [0, 0.1) is 0 Å². The van der Waals surface area contributed by atoms with Crippen molar-refractivity contribution in [2.45, 2.75) is 18.9 Å². The van der Waals surface area contributed by atoms with Gasteiger partial charge in [0.1, 0.15) is 18.2 Å². The van der Waals surface area contributed by atoms with Crippen LogP contribution < -0.4 is 10.1 Å². The van der Waals surface area contributed by atoms with Crippen molar-refractivity contribution in [3.63, 3.8) is 0 Å². The van der Waals surface area contributed by atoms with Crippen LogP contribution in [-0.2, 0) is 11.4 Å². The summed E-state index contributed by atoms with van der Waals surface area (Å²) in [6.45, 7) is 0.496. The number of thiazole rings is 1.